The van der Waals surface area contributed by atoms with Crippen LogP contribution >= 0.6 is 0 Å². The largest absolute Gasteiger partial charge is 0.497 e. The number of rotatable bonds is 9. The first-order valence-corrected chi connectivity index (χ1v) is 13.8. The van der Waals surface area contributed by atoms with Crippen LogP contribution in [0.4, 0.5) is 18.9 Å². The Labute approximate surface area is 232 Å². The normalized spacial score (nSPS) is 15.2. The molecule has 1 aliphatic rings. The van der Waals surface area contributed by atoms with Crippen LogP contribution in [0.2, 0.25) is 0 Å². The molecule has 0 amide bonds. The fourth-order valence-electron chi connectivity index (χ4n) is 4.39. The maximum Gasteiger partial charge on any atom is 0.441 e. The molecular weight excluding hydrogens is 567 g/mol. The number of halogens is 3. The van der Waals surface area contributed by atoms with Gasteiger partial charge in [-0.25, -0.2) is 18.2 Å². The van der Waals surface area contributed by atoms with Crippen LogP contribution in [-0.2, 0) is 16.2 Å². The molecule has 2 heterocycles. The van der Waals surface area contributed by atoms with Gasteiger partial charge in [-0.2, -0.15) is 13.2 Å². The van der Waals surface area contributed by atoms with E-state index >= 15 is 0 Å². The van der Waals surface area contributed by atoms with Gasteiger partial charge in [0.25, 0.3) is 10.0 Å². The fraction of sp³-hybridized carbons (Fsp3) is 0.259. The van der Waals surface area contributed by atoms with E-state index in [2.05, 4.69) is 14.7 Å². The molecule has 3 aromatic carbocycles. The summed E-state index contributed by atoms with van der Waals surface area (Å²) in [7, 11) is -2.91. The Morgan fingerprint density at radius 2 is 1.85 bits per heavy atom. The van der Waals surface area contributed by atoms with E-state index in [0.717, 1.165) is 28.1 Å². The number of benzene rings is 3. The number of fused-ring (bicyclic) bond motifs is 1. The van der Waals surface area contributed by atoms with Gasteiger partial charge in [0, 0.05) is 0 Å². The number of anilines is 1. The fourth-order valence-corrected chi connectivity index (χ4v) is 5.94. The topological polar surface area (TPSA) is 124 Å². The number of hydrogen-bond acceptors (Lipinski definition) is 8. The number of aromatic amines is 1. The lowest BCUT2D eigenvalue weighted by Gasteiger charge is -2.36. The van der Waals surface area contributed by atoms with Crippen molar-refractivity contribution >= 4 is 15.7 Å². The summed E-state index contributed by atoms with van der Waals surface area (Å²) in [4.78, 5) is 12.8. The van der Waals surface area contributed by atoms with E-state index in [1.165, 1.54) is 7.11 Å². The molecule has 0 fully saturated rings. The average molecular weight is 592 g/mol. The van der Waals surface area contributed by atoms with E-state index in [1.807, 2.05) is 6.07 Å². The first-order valence-electron chi connectivity index (χ1n) is 12.4. The lowest BCUT2D eigenvalue weighted by atomic mass is 10.0. The first kappa shape index (κ1) is 28.1. The molecule has 10 nitrogen and oxygen atoms in total. The summed E-state index contributed by atoms with van der Waals surface area (Å²) < 4.78 is 90.1. The SMILES string of the molecule is COc1cccc(-c2ccc3c(c2)N(S(=O)(=O)c2cccc(C(F)(F)F)c2)C[C@H](CCCOc2noc(=O)[nH]2)O3)c1. The van der Waals surface area contributed by atoms with Crippen LogP contribution in [0.25, 0.3) is 11.1 Å². The highest BCUT2D eigenvalue weighted by Gasteiger charge is 2.37. The molecule has 0 aliphatic carbocycles. The molecule has 216 valence electrons. The van der Waals surface area contributed by atoms with Crippen molar-refractivity contribution in [2.45, 2.75) is 30.0 Å². The van der Waals surface area contributed by atoms with E-state index in [0.29, 0.717) is 30.2 Å². The van der Waals surface area contributed by atoms with Crippen molar-refractivity contribution in [2.24, 2.45) is 0 Å². The molecule has 14 heteroatoms. The summed E-state index contributed by atoms with van der Waals surface area (Å²) in [6, 6.07) is 15.7. The summed E-state index contributed by atoms with van der Waals surface area (Å²) in [5.74, 6) is 0.0862. The quantitative estimate of drug-likeness (QED) is 0.274. The zero-order valence-electron chi connectivity index (χ0n) is 21.6. The van der Waals surface area contributed by atoms with Crippen molar-refractivity contribution < 1.29 is 40.3 Å². The Morgan fingerprint density at radius 3 is 2.59 bits per heavy atom. The highest BCUT2D eigenvalue weighted by molar-refractivity contribution is 7.92. The molecule has 1 N–H and O–H groups in total. The molecule has 0 radical (unpaired) electrons. The third-order valence-corrected chi connectivity index (χ3v) is 8.15. The van der Waals surface area contributed by atoms with Gasteiger partial charge in [-0.1, -0.05) is 24.3 Å². The number of alkyl halides is 3. The van der Waals surface area contributed by atoms with Gasteiger partial charge in [-0.05, 0) is 71.6 Å². The minimum atomic E-state index is -4.72. The maximum absolute atomic E-state index is 13.8. The van der Waals surface area contributed by atoms with Gasteiger partial charge >= 0.3 is 17.9 Å². The highest BCUT2D eigenvalue weighted by Crippen LogP contribution is 2.41. The number of sulfonamides is 1. The average Bonchev–Trinajstić information content (AvgIpc) is 3.39. The third kappa shape index (κ3) is 6.16. The number of aromatic nitrogens is 2. The zero-order valence-corrected chi connectivity index (χ0v) is 22.4. The Morgan fingerprint density at radius 1 is 1.07 bits per heavy atom. The van der Waals surface area contributed by atoms with E-state index < -0.39 is 38.5 Å². The van der Waals surface area contributed by atoms with Gasteiger partial charge in [0.1, 0.15) is 17.6 Å². The molecular formula is C27H24F3N3O7S. The molecule has 4 aromatic rings. The summed E-state index contributed by atoms with van der Waals surface area (Å²) >= 11 is 0. The van der Waals surface area contributed by atoms with Crippen molar-refractivity contribution in [1.82, 2.24) is 10.1 Å². The smallest absolute Gasteiger partial charge is 0.441 e. The number of ether oxygens (including phenoxy) is 3. The Balaban J connectivity index is 1.47. The number of hydrogen-bond donors (Lipinski definition) is 1. The predicted molar refractivity (Wildman–Crippen MR) is 141 cm³/mol. The predicted octanol–water partition coefficient (Wildman–Crippen LogP) is 4.87. The Bertz CT molecular complexity index is 1700. The van der Waals surface area contributed by atoms with Gasteiger partial charge in [0.2, 0.25) is 0 Å². The summed E-state index contributed by atoms with van der Waals surface area (Å²) in [5, 5.41) is 3.40. The number of nitrogens with zero attached hydrogens (tertiary/aromatic N) is 2. The van der Waals surface area contributed by atoms with Crippen molar-refractivity contribution in [3.8, 4) is 28.6 Å². The number of H-pyrrole nitrogens is 1. The molecule has 0 spiro atoms. The van der Waals surface area contributed by atoms with Crippen LogP contribution in [0, 0.1) is 0 Å². The van der Waals surface area contributed by atoms with E-state index in [1.54, 1.807) is 36.4 Å². The Kier molecular flexibility index (Phi) is 7.67. The zero-order chi connectivity index (χ0) is 29.2. The third-order valence-electron chi connectivity index (χ3n) is 6.37. The van der Waals surface area contributed by atoms with Crippen LogP contribution in [0.5, 0.6) is 17.5 Å². The van der Waals surface area contributed by atoms with Gasteiger partial charge in [-0.3, -0.25) is 8.83 Å². The van der Waals surface area contributed by atoms with E-state index in [9.17, 15) is 26.4 Å². The van der Waals surface area contributed by atoms with Crippen LogP contribution in [0.1, 0.15) is 18.4 Å². The van der Waals surface area contributed by atoms with Gasteiger partial charge in [0.05, 0.1) is 36.4 Å². The van der Waals surface area contributed by atoms with Crippen LogP contribution < -0.4 is 24.3 Å². The van der Waals surface area contributed by atoms with E-state index in [-0.39, 0.29) is 30.6 Å². The molecule has 41 heavy (non-hydrogen) atoms. The van der Waals surface area contributed by atoms with Gasteiger partial charge < -0.3 is 14.2 Å². The highest BCUT2D eigenvalue weighted by atomic mass is 32.2. The molecule has 0 unspecified atom stereocenters. The minimum Gasteiger partial charge on any atom is -0.497 e. The van der Waals surface area contributed by atoms with E-state index in [4.69, 9.17) is 14.2 Å². The molecule has 1 aliphatic heterocycles. The monoisotopic (exact) mass is 591 g/mol. The second kappa shape index (κ2) is 11.2. The standard InChI is InChI=1S/C27H24F3N3O7S/c1-37-20-7-2-5-17(13-20)18-10-11-24-23(14-18)33(41(35,36)22-9-3-6-19(15-22)27(28,29)30)16-21(39-24)8-4-12-38-25-31-26(34)40-32-25/h2-3,5-7,9-11,13-15,21H,4,8,12,16H2,1H3,(H,31,32,34)/t21-/m0/s1. The van der Waals surface area contributed by atoms with Crippen molar-refractivity contribution in [3.05, 3.63) is 82.8 Å². The first-order chi connectivity index (χ1) is 19.5. The molecule has 1 atom stereocenters. The molecule has 0 bridgehead atoms. The summed E-state index contributed by atoms with van der Waals surface area (Å²) in [5.41, 5.74) is 0.518. The van der Waals surface area contributed by atoms with Crippen molar-refractivity contribution in [2.75, 3.05) is 24.6 Å². The van der Waals surface area contributed by atoms with Crippen molar-refractivity contribution in [1.29, 1.82) is 0 Å². The number of methoxy groups -OCH3 is 1. The lowest BCUT2D eigenvalue weighted by Crippen LogP contribution is -2.43. The maximum atomic E-state index is 13.8. The second-order valence-corrected chi connectivity index (χ2v) is 11.0. The van der Waals surface area contributed by atoms with Crippen LogP contribution in [0.15, 0.2) is 80.9 Å². The molecule has 0 saturated heterocycles. The number of nitrogens with one attached hydrogen (secondary N) is 1. The molecule has 1 aromatic heterocycles. The van der Waals surface area contributed by atoms with Gasteiger partial charge in [0.15, 0.2) is 0 Å². The molecule has 0 saturated carbocycles. The molecule has 5 rings (SSSR count). The minimum absolute atomic E-state index is 0.0938. The summed E-state index contributed by atoms with van der Waals surface area (Å²) in [6.07, 6.45) is -4.65. The lowest BCUT2D eigenvalue weighted by molar-refractivity contribution is -0.137. The summed E-state index contributed by atoms with van der Waals surface area (Å²) in [6.45, 7) is -0.0434. The van der Waals surface area contributed by atoms with Crippen molar-refractivity contribution in [3.63, 3.8) is 0 Å². The van der Waals surface area contributed by atoms with Crippen LogP contribution in [-0.4, -0.2) is 44.9 Å². The Hall–Kier alpha value is -4.46. The second-order valence-electron chi connectivity index (χ2n) is 9.11. The van der Waals surface area contributed by atoms with Crippen LogP contribution in [0.3, 0.4) is 0 Å². The van der Waals surface area contributed by atoms with Gasteiger partial charge in [-0.15, -0.1) is 0 Å².